The molecule has 134 valence electrons. The summed E-state index contributed by atoms with van der Waals surface area (Å²) in [5.74, 6) is 0. The Kier molecular flexibility index (Phi) is 5.95. The summed E-state index contributed by atoms with van der Waals surface area (Å²) in [7, 11) is 0. The number of hydrogen-bond donors (Lipinski definition) is 2. The molecule has 1 saturated heterocycles. The highest BCUT2D eigenvalue weighted by Gasteiger charge is 2.46. The Labute approximate surface area is 141 Å². The van der Waals surface area contributed by atoms with Gasteiger partial charge in [-0.15, -0.1) is 0 Å². The molecule has 2 unspecified atom stereocenters. The Bertz CT molecular complexity index is 400. The molecule has 2 atom stereocenters. The first kappa shape index (κ1) is 18.5. The van der Waals surface area contributed by atoms with Crippen LogP contribution in [0, 0.1) is 0 Å². The van der Waals surface area contributed by atoms with E-state index in [2.05, 4.69) is 12.2 Å². The number of nitrogens with two attached hydrogens (primary N) is 1. The predicted molar refractivity (Wildman–Crippen MR) is 93.4 cm³/mol. The van der Waals surface area contributed by atoms with Gasteiger partial charge in [-0.05, 0) is 53.4 Å². The summed E-state index contributed by atoms with van der Waals surface area (Å²) >= 11 is 0. The van der Waals surface area contributed by atoms with Gasteiger partial charge in [0.25, 0.3) is 0 Å². The largest absolute Gasteiger partial charge is 0.444 e. The van der Waals surface area contributed by atoms with E-state index in [1.165, 1.54) is 19.3 Å². The maximum absolute atomic E-state index is 12.7. The first-order valence-electron chi connectivity index (χ1n) is 9.22. The maximum Gasteiger partial charge on any atom is 0.410 e. The summed E-state index contributed by atoms with van der Waals surface area (Å²) < 4.78 is 5.69. The van der Waals surface area contributed by atoms with Crippen molar-refractivity contribution in [3.8, 4) is 0 Å². The van der Waals surface area contributed by atoms with Gasteiger partial charge in [0.15, 0.2) is 0 Å². The van der Waals surface area contributed by atoms with Crippen LogP contribution in [0.3, 0.4) is 0 Å². The van der Waals surface area contributed by atoms with Crippen molar-refractivity contribution in [2.45, 2.75) is 95.9 Å². The van der Waals surface area contributed by atoms with Crippen molar-refractivity contribution in [1.82, 2.24) is 10.2 Å². The van der Waals surface area contributed by atoms with Crippen LogP contribution in [0.1, 0.15) is 72.6 Å². The molecule has 23 heavy (non-hydrogen) atoms. The number of nitrogens with one attached hydrogen (secondary N) is 1. The van der Waals surface area contributed by atoms with Gasteiger partial charge in [0.1, 0.15) is 5.60 Å². The third-order valence-corrected chi connectivity index (χ3v) is 5.17. The fraction of sp³-hybridized carbons (Fsp3) is 0.944. The number of amides is 1. The normalized spacial score (nSPS) is 26.1. The molecule has 0 aromatic carbocycles. The van der Waals surface area contributed by atoms with Gasteiger partial charge < -0.3 is 20.7 Å². The summed E-state index contributed by atoms with van der Waals surface area (Å²) in [5.41, 5.74) is 5.30. The number of nitrogens with zero attached hydrogens (tertiary/aromatic N) is 1. The second kappa shape index (κ2) is 7.39. The zero-order valence-electron chi connectivity index (χ0n) is 15.4. The lowest BCUT2D eigenvalue weighted by atomic mass is 9.73. The Hall–Kier alpha value is -0.810. The van der Waals surface area contributed by atoms with Crippen LogP contribution >= 0.6 is 0 Å². The molecule has 2 aliphatic rings. The highest BCUT2D eigenvalue weighted by atomic mass is 16.6. The molecule has 0 bridgehead atoms. The molecule has 0 aromatic rings. The SMILES string of the molecule is CC(CN)NC1CCN(C(=O)OC(C)(C)C)C2(CCCCC2)C1. The molecule has 5 heteroatoms. The predicted octanol–water partition coefficient (Wildman–Crippen LogP) is 3.03. The summed E-state index contributed by atoms with van der Waals surface area (Å²) in [5, 5.41) is 3.64. The molecule has 1 saturated carbocycles. The van der Waals surface area contributed by atoms with Gasteiger partial charge in [0, 0.05) is 30.7 Å². The van der Waals surface area contributed by atoms with Crippen LogP contribution in [-0.4, -0.2) is 47.3 Å². The number of rotatable bonds is 3. The lowest BCUT2D eigenvalue weighted by Gasteiger charge is -2.52. The van der Waals surface area contributed by atoms with Crippen molar-refractivity contribution in [1.29, 1.82) is 0 Å². The minimum absolute atomic E-state index is 0.0230. The highest BCUT2D eigenvalue weighted by molar-refractivity contribution is 5.69. The van der Waals surface area contributed by atoms with Crippen molar-refractivity contribution < 1.29 is 9.53 Å². The van der Waals surface area contributed by atoms with E-state index >= 15 is 0 Å². The maximum atomic E-state index is 12.7. The van der Waals surface area contributed by atoms with E-state index in [0.29, 0.717) is 18.6 Å². The second-order valence-electron chi connectivity index (χ2n) is 8.41. The fourth-order valence-corrected chi connectivity index (χ4v) is 4.09. The molecule has 5 nitrogen and oxygen atoms in total. The average molecular weight is 325 g/mol. The lowest BCUT2D eigenvalue weighted by molar-refractivity contribution is -0.0336. The molecule has 2 rings (SSSR count). The topological polar surface area (TPSA) is 67.6 Å². The zero-order chi connectivity index (χ0) is 17.1. The molecule has 1 aliphatic heterocycles. The molecular weight excluding hydrogens is 290 g/mol. The third kappa shape index (κ3) is 4.83. The quantitative estimate of drug-likeness (QED) is 0.837. The lowest BCUT2D eigenvalue weighted by Crippen LogP contribution is -2.62. The van der Waals surface area contributed by atoms with Gasteiger partial charge >= 0.3 is 6.09 Å². The first-order valence-corrected chi connectivity index (χ1v) is 9.22. The van der Waals surface area contributed by atoms with Crippen LogP contribution in [-0.2, 0) is 4.74 Å². The minimum Gasteiger partial charge on any atom is -0.444 e. The van der Waals surface area contributed by atoms with Crippen LogP contribution in [0.15, 0.2) is 0 Å². The van der Waals surface area contributed by atoms with Crippen molar-refractivity contribution >= 4 is 6.09 Å². The van der Waals surface area contributed by atoms with Crippen LogP contribution in [0.5, 0.6) is 0 Å². The smallest absolute Gasteiger partial charge is 0.410 e. The Morgan fingerprint density at radius 3 is 2.57 bits per heavy atom. The standard InChI is InChI=1S/C18H35N3O2/c1-14(13-19)20-15-8-11-21(16(22)23-17(2,3)4)18(12-15)9-6-5-7-10-18/h14-15,20H,5-13,19H2,1-4H3. The minimum atomic E-state index is -0.434. The Morgan fingerprint density at radius 1 is 1.35 bits per heavy atom. The molecule has 1 amide bonds. The number of carbonyl (C=O) groups excluding carboxylic acids is 1. The zero-order valence-corrected chi connectivity index (χ0v) is 15.4. The highest BCUT2D eigenvalue weighted by Crippen LogP contribution is 2.41. The molecule has 1 heterocycles. The number of piperidine rings is 1. The van der Waals surface area contributed by atoms with E-state index in [4.69, 9.17) is 10.5 Å². The van der Waals surface area contributed by atoms with Gasteiger partial charge in [-0.1, -0.05) is 19.3 Å². The molecule has 0 aromatic heterocycles. The van der Waals surface area contributed by atoms with Crippen LogP contribution in [0.4, 0.5) is 4.79 Å². The van der Waals surface area contributed by atoms with Crippen molar-refractivity contribution in [3.63, 3.8) is 0 Å². The summed E-state index contributed by atoms with van der Waals surface area (Å²) in [6.45, 7) is 9.39. The van der Waals surface area contributed by atoms with Gasteiger partial charge in [0.2, 0.25) is 0 Å². The average Bonchev–Trinajstić information content (AvgIpc) is 2.46. The number of ether oxygens (including phenoxy) is 1. The summed E-state index contributed by atoms with van der Waals surface area (Å²) in [4.78, 5) is 14.8. The van der Waals surface area contributed by atoms with Crippen molar-refractivity contribution in [3.05, 3.63) is 0 Å². The van der Waals surface area contributed by atoms with Crippen LogP contribution < -0.4 is 11.1 Å². The second-order valence-corrected chi connectivity index (χ2v) is 8.41. The summed E-state index contributed by atoms with van der Waals surface area (Å²) in [6.07, 6.45) is 7.76. The first-order chi connectivity index (χ1) is 10.8. The summed E-state index contributed by atoms with van der Waals surface area (Å²) in [6, 6.07) is 0.777. The monoisotopic (exact) mass is 325 g/mol. The van der Waals surface area contributed by atoms with Gasteiger partial charge in [-0.3, -0.25) is 0 Å². The van der Waals surface area contributed by atoms with E-state index in [0.717, 1.165) is 32.2 Å². The van der Waals surface area contributed by atoms with E-state index in [-0.39, 0.29) is 11.6 Å². The molecule has 3 N–H and O–H groups in total. The molecular formula is C18H35N3O2. The van der Waals surface area contributed by atoms with Crippen LogP contribution in [0.2, 0.25) is 0 Å². The third-order valence-electron chi connectivity index (χ3n) is 5.17. The van der Waals surface area contributed by atoms with Crippen molar-refractivity contribution in [2.24, 2.45) is 5.73 Å². The number of likely N-dealkylation sites (tertiary alicyclic amines) is 1. The Morgan fingerprint density at radius 2 is 2.00 bits per heavy atom. The molecule has 0 radical (unpaired) electrons. The van der Waals surface area contributed by atoms with Gasteiger partial charge in [-0.2, -0.15) is 0 Å². The van der Waals surface area contributed by atoms with Gasteiger partial charge in [-0.25, -0.2) is 4.79 Å². The van der Waals surface area contributed by atoms with E-state index in [9.17, 15) is 4.79 Å². The van der Waals surface area contributed by atoms with E-state index in [1.54, 1.807) is 0 Å². The van der Waals surface area contributed by atoms with E-state index in [1.807, 2.05) is 25.7 Å². The molecule has 1 aliphatic carbocycles. The van der Waals surface area contributed by atoms with E-state index < -0.39 is 5.60 Å². The van der Waals surface area contributed by atoms with Crippen molar-refractivity contribution in [2.75, 3.05) is 13.1 Å². The fourth-order valence-electron chi connectivity index (χ4n) is 4.09. The van der Waals surface area contributed by atoms with Crippen LogP contribution in [0.25, 0.3) is 0 Å². The van der Waals surface area contributed by atoms with Gasteiger partial charge in [0.05, 0.1) is 0 Å². The molecule has 2 fully saturated rings. The number of carbonyl (C=O) groups is 1. The number of hydrogen-bond acceptors (Lipinski definition) is 4. The molecule has 1 spiro atoms. The Balaban J connectivity index is 2.11.